The first kappa shape index (κ1) is 10.7. The van der Waals surface area contributed by atoms with Gasteiger partial charge in [-0.2, -0.15) is 0 Å². The lowest BCUT2D eigenvalue weighted by molar-refractivity contribution is -0.619. The van der Waals surface area contributed by atoms with Crippen LogP contribution in [0.3, 0.4) is 0 Å². The second kappa shape index (κ2) is 4.07. The number of para-hydroxylation sites is 1. The van der Waals surface area contributed by atoms with Gasteiger partial charge in [0.15, 0.2) is 0 Å². The van der Waals surface area contributed by atoms with E-state index >= 15 is 0 Å². The van der Waals surface area contributed by atoms with Gasteiger partial charge in [0.2, 0.25) is 0 Å². The molecule has 2 aromatic rings. The smallest absolute Gasteiger partial charge is 0.260 e. The minimum Gasteiger partial charge on any atom is -0.260 e. The highest BCUT2D eigenvalue weighted by Crippen LogP contribution is 2.33. The molecule has 1 aliphatic rings. The van der Waals surface area contributed by atoms with Crippen molar-refractivity contribution in [1.82, 2.24) is 0 Å². The number of nitrogens with zero attached hydrogens (tertiary/aromatic N) is 2. The van der Waals surface area contributed by atoms with E-state index in [9.17, 15) is 9.70 Å². The molecule has 0 N–H and O–H groups in total. The maximum absolute atomic E-state index is 12.1. The normalized spacial score (nSPS) is 18.7. The van der Waals surface area contributed by atoms with Gasteiger partial charge in [0.1, 0.15) is 10.6 Å². The summed E-state index contributed by atoms with van der Waals surface area (Å²) in [6, 6.07) is 17.3. The molecule has 1 aliphatic heterocycles. The standard InChI is InChI=1S/C14H11N2O2/c17-14-13(11-7-3-1-4-8-11)16(18)15(14)12-9-5-2-6-10-12/h1-10,13H/q+1. The Morgan fingerprint density at radius 2 is 1.44 bits per heavy atom. The summed E-state index contributed by atoms with van der Waals surface area (Å²) < 4.78 is 0. The number of hydrogen-bond acceptors (Lipinski definition) is 2. The molecule has 0 aromatic heterocycles. The molecule has 0 saturated carbocycles. The van der Waals surface area contributed by atoms with Crippen molar-refractivity contribution < 1.29 is 9.66 Å². The highest BCUT2D eigenvalue weighted by molar-refractivity contribution is 5.98. The van der Waals surface area contributed by atoms with Crippen LogP contribution < -0.4 is 5.01 Å². The van der Waals surface area contributed by atoms with Crippen LogP contribution in [0, 0.1) is 4.91 Å². The highest BCUT2D eigenvalue weighted by Gasteiger charge is 2.58. The molecule has 1 amide bonds. The van der Waals surface area contributed by atoms with Crippen LogP contribution in [0.25, 0.3) is 0 Å². The maximum Gasteiger partial charge on any atom is 0.368 e. The summed E-state index contributed by atoms with van der Waals surface area (Å²) in [5.41, 5.74) is 1.33. The van der Waals surface area contributed by atoms with E-state index in [0.29, 0.717) is 10.6 Å². The van der Waals surface area contributed by atoms with Crippen LogP contribution in [0.1, 0.15) is 11.6 Å². The van der Waals surface area contributed by atoms with Gasteiger partial charge in [-0.3, -0.25) is 4.79 Å². The van der Waals surface area contributed by atoms with Crippen molar-refractivity contribution in [2.75, 3.05) is 5.01 Å². The molecular formula is C14H11N2O2+. The van der Waals surface area contributed by atoms with Gasteiger partial charge in [0, 0.05) is 5.56 Å². The first-order valence-electron chi connectivity index (χ1n) is 5.69. The molecule has 0 bridgehead atoms. The van der Waals surface area contributed by atoms with E-state index in [2.05, 4.69) is 0 Å². The Bertz CT molecular complexity index is 528. The zero-order valence-corrected chi connectivity index (χ0v) is 9.56. The van der Waals surface area contributed by atoms with Gasteiger partial charge < -0.3 is 0 Å². The number of hydrazine groups is 1. The van der Waals surface area contributed by atoms with Crippen molar-refractivity contribution in [3.63, 3.8) is 0 Å². The lowest BCUT2D eigenvalue weighted by atomic mass is 10.0. The minimum absolute atomic E-state index is 0.192. The molecule has 1 heterocycles. The van der Waals surface area contributed by atoms with Gasteiger partial charge in [-0.25, -0.2) is 0 Å². The van der Waals surface area contributed by atoms with Crippen LogP contribution in [0.4, 0.5) is 5.69 Å². The van der Waals surface area contributed by atoms with Crippen molar-refractivity contribution in [2.24, 2.45) is 0 Å². The van der Waals surface area contributed by atoms with Crippen LogP contribution >= 0.6 is 0 Å². The summed E-state index contributed by atoms with van der Waals surface area (Å²) >= 11 is 0. The van der Waals surface area contributed by atoms with Gasteiger partial charge in [-0.05, 0) is 17.1 Å². The molecule has 88 valence electrons. The molecule has 0 spiro atoms. The first-order valence-corrected chi connectivity index (χ1v) is 5.69. The van der Waals surface area contributed by atoms with Gasteiger partial charge in [0.25, 0.3) is 0 Å². The molecule has 4 heteroatoms. The second-order valence-corrected chi connectivity index (χ2v) is 4.10. The molecule has 18 heavy (non-hydrogen) atoms. The zero-order chi connectivity index (χ0) is 12.5. The highest BCUT2D eigenvalue weighted by atomic mass is 16.4. The molecule has 1 atom stereocenters. The van der Waals surface area contributed by atoms with Crippen molar-refractivity contribution in [3.8, 4) is 0 Å². The van der Waals surface area contributed by atoms with Crippen molar-refractivity contribution >= 4 is 11.6 Å². The van der Waals surface area contributed by atoms with Crippen molar-refractivity contribution in [3.05, 3.63) is 71.1 Å². The van der Waals surface area contributed by atoms with E-state index in [-0.39, 0.29) is 5.91 Å². The quantitative estimate of drug-likeness (QED) is 0.755. The summed E-state index contributed by atoms with van der Waals surface area (Å²) in [4.78, 5) is 24.8. The Morgan fingerprint density at radius 3 is 2.00 bits per heavy atom. The molecule has 2 aromatic carbocycles. The van der Waals surface area contributed by atoms with Crippen LogP contribution in [-0.2, 0) is 4.79 Å². The fourth-order valence-electron chi connectivity index (χ4n) is 2.08. The second-order valence-electron chi connectivity index (χ2n) is 4.10. The summed E-state index contributed by atoms with van der Waals surface area (Å²) in [6.45, 7) is 0. The van der Waals surface area contributed by atoms with Crippen molar-refractivity contribution in [1.29, 1.82) is 0 Å². The lowest BCUT2D eigenvalue weighted by Crippen LogP contribution is -2.57. The molecule has 0 aliphatic carbocycles. The number of carbonyl (C=O) groups excluding carboxylic acids is 1. The molecule has 4 nitrogen and oxygen atoms in total. The molecule has 3 rings (SSSR count). The number of anilines is 1. The predicted molar refractivity (Wildman–Crippen MR) is 66.7 cm³/mol. The van der Waals surface area contributed by atoms with E-state index in [4.69, 9.17) is 0 Å². The Balaban J connectivity index is 1.89. The third-order valence-corrected chi connectivity index (χ3v) is 2.98. The molecule has 1 fully saturated rings. The van der Waals surface area contributed by atoms with Crippen LogP contribution in [-0.4, -0.2) is 10.8 Å². The molecule has 1 saturated heterocycles. The lowest BCUT2D eigenvalue weighted by Gasteiger charge is -2.25. The number of carbonyl (C=O) groups is 1. The summed E-state index contributed by atoms with van der Waals surface area (Å²) in [5.74, 6) is -0.192. The van der Waals surface area contributed by atoms with Crippen molar-refractivity contribution in [2.45, 2.75) is 6.04 Å². The number of rotatable bonds is 2. The average Bonchev–Trinajstić information content (AvgIpc) is 2.41. The molecule has 1 unspecified atom stereocenters. The van der Waals surface area contributed by atoms with Gasteiger partial charge in [-0.1, -0.05) is 48.5 Å². The fraction of sp³-hybridized carbons (Fsp3) is 0.0714. The van der Waals surface area contributed by atoms with Gasteiger partial charge in [0.05, 0.1) is 4.91 Å². The van der Waals surface area contributed by atoms with E-state index in [0.717, 1.165) is 10.6 Å². The molecular weight excluding hydrogens is 228 g/mol. The fourth-order valence-corrected chi connectivity index (χ4v) is 2.08. The summed E-state index contributed by atoms with van der Waals surface area (Å²) in [5, 5.41) is 1.15. The van der Waals surface area contributed by atoms with E-state index in [1.54, 1.807) is 36.4 Å². The minimum atomic E-state index is -0.716. The Kier molecular flexibility index (Phi) is 2.41. The van der Waals surface area contributed by atoms with Crippen LogP contribution in [0.15, 0.2) is 60.7 Å². The number of nitroso groups, excluding NO2 is 1. The van der Waals surface area contributed by atoms with E-state index in [1.807, 2.05) is 24.3 Å². The molecule has 0 radical (unpaired) electrons. The third-order valence-electron chi connectivity index (χ3n) is 2.98. The largest absolute Gasteiger partial charge is 0.368 e. The van der Waals surface area contributed by atoms with Crippen LogP contribution in [0.5, 0.6) is 0 Å². The predicted octanol–water partition coefficient (Wildman–Crippen LogP) is 2.47. The van der Waals surface area contributed by atoms with Crippen LogP contribution in [0.2, 0.25) is 0 Å². The monoisotopic (exact) mass is 239 g/mol. The van der Waals surface area contributed by atoms with E-state index in [1.165, 1.54) is 0 Å². The number of hydrogen-bond donors (Lipinski definition) is 0. The SMILES string of the molecule is O=C1C(c2ccccc2)[N+](=O)N1c1ccccc1. The Labute approximate surface area is 104 Å². The Hall–Kier alpha value is -2.49. The van der Waals surface area contributed by atoms with Gasteiger partial charge >= 0.3 is 11.9 Å². The number of benzene rings is 2. The summed E-state index contributed by atoms with van der Waals surface area (Å²) in [7, 11) is 0. The summed E-state index contributed by atoms with van der Waals surface area (Å²) in [6.07, 6.45) is 0. The maximum atomic E-state index is 12.1. The Morgan fingerprint density at radius 1 is 0.889 bits per heavy atom. The third kappa shape index (κ3) is 1.50. The first-order chi connectivity index (χ1) is 8.79. The van der Waals surface area contributed by atoms with Gasteiger partial charge in [-0.15, -0.1) is 0 Å². The average molecular weight is 239 g/mol. The topological polar surface area (TPSA) is 40.4 Å². The number of amides is 1. The van der Waals surface area contributed by atoms with E-state index < -0.39 is 6.04 Å². The zero-order valence-electron chi connectivity index (χ0n) is 9.56.